The number of esters is 1. The van der Waals surface area contributed by atoms with E-state index in [1.54, 1.807) is 19.9 Å². The Bertz CT molecular complexity index is 560. The smallest absolute Gasteiger partial charge is 0.337 e. The van der Waals surface area contributed by atoms with Crippen molar-refractivity contribution in [3.8, 4) is 0 Å². The molecule has 0 spiro atoms. The molecular formula is C19H24O4. The first-order chi connectivity index (χ1) is 11.0. The summed E-state index contributed by atoms with van der Waals surface area (Å²) < 4.78 is 16.6. The lowest BCUT2D eigenvalue weighted by molar-refractivity contribution is -0.207. The van der Waals surface area contributed by atoms with Crippen molar-refractivity contribution in [2.75, 3.05) is 6.61 Å². The van der Waals surface area contributed by atoms with Crippen LogP contribution in [0.5, 0.6) is 0 Å². The van der Waals surface area contributed by atoms with Gasteiger partial charge in [-0.3, -0.25) is 0 Å². The van der Waals surface area contributed by atoms with Gasteiger partial charge in [0.2, 0.25) is 5.79 Å². The van der Waals surface area contributed by atoms with E-state index in [0.29, 0.717) is 18.8 Å². The molecule has 4 nitrogen and oxygen atoms in total. The number of cyclic esters (lactones) is 1. The molecule has 1 atom stereocenters. The van der Waals surface area contributed by atoms with Gasteiger partial charge in [0.1, 0.15) is 5.76 Å². The molecule has 23 heavy (non-hydrogen) atoms. The number of benzene rings is 1. The maximum absolute atomic E-state index is 11.6. The van der Waals surface area contributed by atoms with Crippen LogP contribution < -0.4 is 0 Å². The summed E-state index contributed by atoms with van der Waals surface area (Å²) in [5.74, 6) is -0.695. The summed E-state index contributed by atoms with van der Waals surface area (Å²) >= 11 is 0. The van der Waals surface area contributed by atoms with Crippen LogP contribution in [0.15, 0.2) is 54.8 Å². The summed E-state index contributed by atoms with van der Waals surface area (Å²) in [7, 11) is 0. The minimum Gasteiger partial charge on any atom is -0.457 e. The van der Waals surface area contributed by atoms with Crippen molar-refractivity contribution in [2.24, 2.45) is 0 Å². The van der Waals surface area contributed by atoms with Crippen LogP contribution in [0.4, 0.5) is 0 Å². The number of ether oxygens (including phenoxy) is 3. The second-order valence-electron chi connectivity index (χ2n) is 6.01. The van der Waals surface area contributed by atoms with Gasteiger partial charge in [-0.2, -0.15) is 0 Å². The van der Waals surface area contributed by atoms with E-state index in [2.05, 4.69) is 18.7 Å². The van der Waals surface area contributed by atoms with Crippen molar-refractivity contribution in [1.82, 2.24) is 0 Å². The van der Waals surface area contributed by atoms with E-state index in [1.807, 2.05) is 18.2 Å². The zero-order valence-electron chi connectivity index (χ0n) is 13.8. The molecule has 1 heterocycles. The molecule has 0 aliphatic carbocycles. The minimum absolute atomic E-state index is 0.0406. The van der Waals surface area contributed by atoms with Crippen LogP contribution in [0, 0.1) is 0 Å². The highest BCUT2D eigenvalue weighted by Gasteiger charge is 2.31. The topological polar surface area (TPSA) is 44.8 Å². The molecule has 0 unspecified atom stereocenters. The Morgan fingerprint density at radius 2 is 2.00 bits per heavy atom. The van der Waals surface area contributed by atoms with Gasteiger partial charge in [-0.25, -0.2) is 4.79 Å². The molecule has 0 saturated carbocycles. The number of hydrogen-bond acceptors (Lipinski definition) is 4. The van der Waals surface area contributed by atoms with Gasteiger partial charge in [0.15, 0.2) is 0 Å². The fourth-order valence-electron chi connectivity index (χ4n) is 2.51. The monoisotopic (exact) mass is 316 g/mol. The molecule has 0 N–H and O–H groups in total. The molecule has 1 aliphatic rings. The number of carbonyl (C=O) groups excluding carboxylic acids is 1. The highest BCUT2D eigenvalue weighted by Crippen LogP contribution is 2.26. The van der Waals surface area contributed by atoms with Crippen LogP contribution in [0.3, 0.4) is 0 Å². The predicted octanol–water partition coefficient (Wildman–Crippen LogP) is 3.77. The molecule has 1 aliphatic heterocycles. The SMILES string of the molecule is C=CCO[C@H](CCc1ccccc1)CC1=CC(=O)OC(C)(C)O1. The third kappa shape index (κ3) is 5.91. The van der Waals surface area contributed by atoms with Crippen molar-refractivity contribution in [3.05, 3.63) is 60.4 Å². The lowest BCUT2D eigenvalue weighted by Crippen LogP contribution is -2.35. The van der Waals surface area contributed by atoms with Crippen molar-refractivity contribution in [3.63, 3.8) is 0 Å². The molecule has 0 radical (unpaired) electrons. The van der Waals surface area contributed by atoms with Crippen molar-refractivity contribution < 1.29 is 19.0 Å². The lowest BCUT2D eigenvalue weighted by Gasteiger charge is -2.32. The maximum Gasteiger partial charge on any atom is 0.337 e. The molecule has 4 heteroatoms. The van der Waals surface area contributed by atoms with E-state index in [0.717, 1.165) is 12.8 Å². The third-order valence-electron chi connectivity index (χ3n) is 3.48. The summed E-state index contributed by atoms with van der Waals surface area (Å²) in [5.41, 5.74) is 1.26. The first-order valence-electron chi connectivity index (χ1n) is 7.87. The lowest BCUT2D eigenvalue weighted by atomic mass is 10.0. The predicted molar refractivity (Wildman–Crippen MR) is 88.7 cm³/mol. The first kappa shape index (κ1) is 17.3. The van der Waals surface area contributed by atoms with Gasteiger partial charge < -0.3 is 14.2 Å². The average molecular weight is 316 g/mol. The molecule has 0 fully saturated rings. The summed E-state index contributed by atoms with van der Waals surface area (Å²) in [6, 6.07) is 10.3. The summed E-state index contributed by atoms with van der Waals surface area (Å²) in [6.45, 7) is 7.61. The summed E-state index contributed by atoms with van der Waals surface area (Å²) in [4.78, 5) is 11.6. The molecule has 2 rings (SSSR count). The van der Waals surface area contributed by atoms with Gasteiger partial charge in [-0.15, -0.1) is 6.58 Å². The number of hydrogen-bond donors (Lipinski definition) is 0. The fraction of sp³-hybridized carbons (Fsp3) is 0.421. The maximum atomic E-state index is 11.6. The second kappa shape index (κ2) is 7.97. The van der Waals surface area contributed by atoms with Crippen LogP contribution in [0.1, 0.15) is 32.3 Å². The molecule has 0 bridgehead atoms. The molecule has 1 aromatic rings. The van der Waals surface area contributed by atoms with Crippen LogP contribution in [-0.4, -0.2) is 24.5 Å². The van der Waals surface area contributed by atoms with Crippen molar-refractivity contribution in [1.29, 1.82) is 0 Å². The molecule has 1 aromatic carbocycles. The van der Waals surface area contributed by atoms with Gasteiger partial charge in [0, 0.05) is 20.3 Å². The van der Waals surface area contributed by atoms with Crippen molar-refractivity contribution in [2.45, 2.75) is 45.0 Å². The Kier molecular flexibility index (Phi) is 5.99. The Morgan fingerprint density at radius 1 is 1.26 bits per heavy atom. The molecular weight excluding hydrogens is 292 g/mol. The van der Waals surface area contributed by atoms with E-state index in [4.69, 9.17) is 14.2 Å². The van der Waals surface area contributed by atoms with Crippen LogP contribution in [0.25, 0.3) is 0 Å². The Hall–Kier alpha value is -2.07. The third-order valence-corrected chi connectivity index (χ3v) is 3.48. The first-order valence-corrected chi connectivity index (χ1v) is 7.87. The van der Waals surface area contributed by atoms with E-state index in [1.165, 1.54) is 11.6 Å². The number of carbonyl (C=O) groups is 1. The molecule has 0 saturated heterocycles. The van der Waals surface area contributed by atoms with Gasteiger partial charge in [0.05, 0.1) is 18.8 Å². The Morgan fingerprint density at radius 3 is 2.65 bits per heavy atom. The Balaban J connectivity index is 1.97. The fourth-order valence-corrected chi connectivity index (χ4v) is 2.51. The van der Waals surface area contributed by atoms with Gasteiger partial charge in [-0.05, 0) is 18.4 Å². The van der Waals surface area contributed by atoms with Gasteiger partial charge in [0.25, 0.3) is 0 Å². The van der Waals surface area contributed by atoms with Gasteiger partial charge >= 0.3 is 5.97 Å². The van der Waals surface area contributed by atoms with E-state index in [9.17, 15) is 4.79 Å². The molecule has 0 aromatic heterocycles. The zero-order chi connectivity index (χ0) is 16.7. The normalized spacial score (nSPS) is 17.7. The van der Waals surface area contributed by atoms with E-state index >= 15 is 0 Å². The van der Waals surface area contributed by atoms with Crippen LogP contribution >= 0.6 is 0 Å². The Labute approximate surface area is 137 Å². The summed E-state index contributed by atoms with van der Waals surface area (Å²) in [6.07, 6.45) is 5.37. The van der Waals surface area contributed by atoms with E-state index in [-0.39, 0.29) is 12.1 Å². The van der Waals surface area contributed by atoms with Crippen molar-refractivity contribution >= 4 is 5.97 Å². The highest BCUT2D eigenvalue weighted by molar-refractivity contribution is 5.83. The van der Waals surface area contributed by atoms with Crippen LogP contribution in [-0.2, 0) is 25.4 Å². The quantitative estimate of drug-likeness (QED) is 0.541. The zero-order valence-corrected chi connectivity index (χ0v) is 13.8. The minimum atomic E-state index is -0.927. The molecule has 0 amide bonds. The van der Waals surface area contributed by atoms with Gasteiger partial charge in [-0.1, -0.05) is 36.4 Å². The standard InChI is InChI=1S/C19H24O4/c1-4-12-21-16(11-10-15-8-6-5-7-9-15)13-17-14-18(20)23-19(2,3)22-17/h4-9,14,16H,1,10-13H2,2-3H3/t16-/m1/s1. The highest BCUT2D eigenvalue weighted by atomic mass is 16.7. The molecule has 124 valence electrons. The largest absolute Gasteiger partial charge is 0.457 e. The van der Waals surface area contributed by atoms with Crippen LogP contribution in [0.2, 0.25) is 0 Å². The number of aryl methyl sites for hydroxylation is 1. The average Bonchev–Trinajstić information content (AvgIpc) is 2.49. The summed E-state index contributed by atoms with van der Waals surface area (Å²) in [5, 5.41) is 0. The number of rotatable bonds is 8. The second-order valence-corrected chi connectivity index (χ2v) is 6.01. The van der Waals surface area contributed by atoms with E-state index < -0.39 is 5.79 Å².